The summed E-state index contributed by atoms with van der Waals surface area (Å²) < 4.78 is 20.6. The van der Waals surface area contributed by atoms with Crippen LogP contribution in [0.25, 0.3) is 0 Å². The summed E-state index contributed by atoms with van der Waals surface area (Å²) >= 11 is 0. The fourth-order valence-electron chi connectivity index (χ4n) is 1.67. The van der Waals surface area contributed by atoms with Gasteiger partial charge in [-0.15, -0.1) is 0 Å². The van der Waals surface area contributed by atoms with E-state index in [1.165, 1.54) is 6.07 Å². The maximum absolute atomic E-state index is 13.4. The molecule has 0 aliphatic rings. The van der Waals surface area contributed by atoms with E-state index in [2.05, 4.69) is 5.10 Å². The van der Waals surface area contributed by atoms with E-state index in [9.17, 15) is 4.39 Å². The molecule has 0 saturated heterocycles. The van der Waals surface area contributed by atoms with Crippen LogP contribution >= 0.6 is 0 Å². The Labute approximate surface area is 99.8 Å². The van der Waals surface area contributed by atoms with Crippen LogP contribution in [-0.4, -0.2) is 9.78 Å². The summed E-state index contributed by atoms with van der Waals surface area (Å²) in [6, 6.07) is 6.75. The second kappa shape index (κ2) is 4.57. The summed E-state index contributed by atoms with van der Waals surface area (Å²) in [7, 11) is 1.85. The smallest absolute Gasteiger partial charge is 0.165 e. The molecule has 3 nitrogen and oxygen atoms in total. The molecule has 1 heterocycles. The van der Waals surface area contributed by atoms with Crippen molar-refractivity contribution in [1.29, 1.82) is 0 Å². The summed E-state index contributed by atoms with van der Waals surface area (Å²) in [4.78, 5) is 0. The Morgan fingerprint density at radius 1 is 1.29 bits per heavy atom. The predicted octanol–water partition coefficient (Wildman–Crippen LogP) is 2.76. The number of hydrogen-bond donors (Lipinski definition) is 0. The van der Waals surface area contributed by atoms with Crippen molar-refractivity contribution in [3.8, 4) is 5.75 Å². The number of ether oxygens (including phenoxy) is 1. The highest BCUT2D eigenvalue weighted by Gasteiger charge is 2.06. The number of nitrogens with zero attached hydrogens (tertiary/aromatic N) is 2. The molecule has 1 aromatic carbocycles. The molecule has 0 radical (unpaired) electrons. The topological polar surface area (TPSA) is 27.1 Å². The highest BCUT2D eigenvalue weighted by atomic mass is 19.1. The molecule has 90 valence electrons. The van der Waals surface area contributed by atoms with Gasteiger partial charge in [0.1, 0.15) is 6.61 Å². The zero-order valence-corrected chi connectivity index (χ0v) is 10.2. The van der Waals surface area contributed by atoms with Crippen LogP contribution in [0.1, 0.15) is 17.0 Å². The first kappa shape index (κ1) is 11.6. The molecular formula is C13H15FN2O. The molecule has 0 saturated carbocycles. The molecule has 0 spiro atoms. The van der Waals surface area contributed by atoms with Crippen molar-refractivity contribution in [2.24, 2.45) is 7.05 Å². The van der Waals surface area contributed by atoms with Gasteiger partial charge in [-0.2, -0.15) is 5.10 Å². The lowest BCUT2D eigenvalue weighted by molar-refractivity contribution is 0.280. The Morgan fingerprint density at radius 2 is 2.06 bits per heavy atom. The van der Waals surface area contributed by atoms with Gasteiger partial charge in [0.05, 0.1) is 11.4 Å². The molecule has 0 fully saturated rings. The third-order valence-corrected chi connectivity index (χ3v) is 2.56. The van der Waals surface area contributed by atoms with E-state index < -0.39 is 0 Å². The molecule has 0 aliphatic carbocycles. The first-order chi connectivity index (χ1) is 8.06. The summed E-state index contributed by atoms with van der Waals surface area (Å²) in [6.45, 7) is 4.13. The van der Waals surface area contributed by atoms with Crippen molar-refractivity contribution in [2.45, 2.75) is 20.5 Å². The van der Waals surface area contributed by atoms with Crippen LogP contribution in [0.3, 0.4) is 0 Å². The van der Waals surface area contributed by atoms with Crippen molar-refractivity contribution in [3.05, 3.63) is 47.0 Å². The Kier molecular flexibility index (Phi) is 3.13. The van der Waals surface area contributed by atoms with Crippen molar-refractivity contribution in [2.75, 3.05) is 0 Å². The van der Waals surface area contributed by atoms with Crippen LogP contribution in [0.15, 0.2) is 24.3 Å². The molecule has 0 bridgehead atoms. The van der Waals surface area contributed by atoms with Crippen molar-refractivity contribution < 1.29 is 9.13 Å². The fourth-order valence-corrected chi connectivity index (χ4v) is 1.67. The van der Waals surface area contributed by atoms with Gasteiger partial charge in [-0.1, -0.05) is 6.07 Å². The summed E-state index contributed by atoms with van der Waals surface area (Å²) in [5.74, 6) is -0.0571. The van der Waals surface area contributed by atoms with Gasteiger partial charge in [-0.05, 0) is 37.6 Å². The van der Waals surface area contributed by atoms with Crippen LogP contribution in [0.4, 0.5) is 4.39 Å². The highest BCUT2D eigenvalue weighted by molar-refractivity contribution is 5.29. The molecule has 0 aliphatic heterocycles. The average Bonchev–Trinajstić information content (AvgIpc) is 2.59. The van der Waals surface area contributed by atoms with Crippen LogP contribution in [0, 0.1) is 19.7 Å². The normalized spacial score (nSPS) is 10.6. The zero-order valence-electron chi connectivity index (χ0n) is 10.2. The summed E-state index contributed by atoms with van der Waals surface area (Å²) in [6.07, 6.45) is 0. The SMILES string of the molecule is Cc1ccc(F)c(OCc2cc(C)nn2C)c1. The van der Waals surface area contributed by atoms with Crippen LogP contribution in [-0.2, 0) is 13.7 Å². The predicted molar refractivity (Wildman–Crippen MR) is 63.4 cm³/mol. The number of aromatic nitrogens is 2. The van der Waals surface area contributed by atoms with Gasteiger partial charge in [0.15, 0.2) is 11.6 Å². The molecule has 1 aromatic heterocycles. The second-order valence-corrected chi connectivity index (χ2v) is 4.12. The monoisotopic (exact) mass is 234 g/mol. The molecule has 2 aromatic rings. The van der Waals surface area contributed by atoms with E-state index >= 15 is 0 Å². The molecular weight excluding hydrogens is 219 g/mol. The van der Waals surface area contributed by atoms with Crippen molar-refractivity contribution in [1.82, 2.24) is 9.78 Å². The van der Waals surface area contributed by atoms with Gasteiger partial charge in [-0.25, -0.2) is 4.39 Å². The van der Waals surface area contributed by atoms with E-state index in [-0.39, 0.29) is 11.6 Å². The lowest BCUT2D eigenvalue weighted by atomic mass is 10.2. The molecule has 2 rings (SSSR count). The Bertz CT molecular complexity index is 534. The standard InChI is InChI=1S/C13H15FN2O/c1-9-4-5-12(14)13(6-9)17-8-11-7-10(2)15-16(11)3/h4-7H,8H2,1-3H3. The molecule has 17 heavy (non-hydrogen) atoms. The molecule has 0 N–H and O–H groups in total. The van der Waals surface area contributed by atoms with Crippen molar-refractivity contribution >= 4 is 0 Å². The first-order valence-electron chi connectivity index (χ1n) is 5.45. The van der Waals surface area contributed by atoms with E-state index in [0.29, 0.717) is 6.61 Å². The van der Waals surface area contributed by atoms with E-state index in [1.807, 2.05) is 27.0 Å². The molecule has 0 atom stereocenters. The van der Waals surface area contributed by atoms with Gasteiger partial charge >= 0.3 is 0 Å². The highest BCUT2D eigenvalue weighted by Crippen LogP contribution is 2.19. The Hall–Kier alpha value is -1.84. The Morgan fingerprint density at radius 3 is 2.71 bits per heavy atom. The number of halogens is 1. The third kappa shape index (κ3) is 2.64. The minimum absolute atomic E-state index is 0.281. The summed E-state index contributed by atoms with van der Waals surface area (Å²) in [5, 5.41) is 4.21. The van der Waals surface area contributed by atoms with Gasteiger partial charge < -0.3 is 4.74 Å². The summed E-state index contributed by atoms with van der Waals surface area (Å²) in [5.41, 5.74) is 2.82. The second-order valence-electron chi connectivity index (χ2n) is 4.12. The van der Waals surface area contributed by atoms with E-state index in [4.69, 9.17) is 4.74 Å². The fraction of sp³-hybridized carbons (Fsp3) is 0.308. The minimum Gasteiger partial charge on any atom is -0.484 e. The largest absolute Gasteiger partial charge is 0.484 e. The number of hydrogen-bond acceptors (Lipinski definition) is 2. The number of benzene rings is 1. The van der Waals surface area contributed by atoms with Gasteiger partial charge in [0.2, 0.25) is 0 Å². The van der Waals surface area contributed by atoms with Crippen LogP contribution in [0.5, 0.6) is 5.75 Å². The van der Waals surface area contributed by atoms with Gasteiger partial charge in [0.25, 0.3) is 0 Å². The zero-order chi connectivity index (χ0) is 12.4. The maximum Gasteiger partial charge on any atom is 0.165 e. The van der Waals surface area contributed by atoms with Crippen molar-refractivity contribution in [3.63, 3.8) is 0 Å². The van der Waals surface area contributed by atoms with E-state index in [1.54, 1.807) is 16.8 Å². The third-order valence-electron chi connectivity index (χ3n) is 2.56. The molecule has 0 amide bonds. The number of aryl methyl sites for hydroxylation is 3. The lowest BCUT2D eigenvalue weighted by Crippen LogP contribution is -2.04. The van der Waals surface area contributed by atoms with Crippen LogP contribution in [0.2, 0.25) is 0 Å². The number of rotatable bonds is 3. The van der Waals surface area contributed by atoms with Gasteiger partial charge in [-0.3, -0.25) is 4.68 Å². The van der Waals surface area contributed by atoms with Gasteiger partial charge in [0, 0.05) is 7.05 Å². The molecule has 0 unspecified atom stereocenters. The maximum atomic E-state index is 13.4. The van der Waals surface area contributed by atoms with E-state index in [0.717, 1.165) is 17.0 Å². The average molecular weight is 234 g/mol. The minimum atomic E-state index is -0.338. The lowest BCUT2D eigenvalue weighted by Gasteiger charge is -2.08. The van der Waals surface area contributed by atoms with Crippen LogP contribution < -0.4 is 4.74 Å². The Balaban J connectivity index is 2.12. The molecule has 4 heteroatoms. The first-order valence-corrected chi connectivity index (χ1v) is 5.45. The quantitative estimate of drug-likeness (QED) is 0.816.